The van der Waals surface area contributed by atoms with Crippen LogP contribution in [0.25, 0.3) is 5.69 Å². The summed E-state index contributed by atoms with van der Waals surface area (Å²) in [7, 11) is 1.63. The average Bonchev–Trinajstić information content (AvgIpc) is 3.31. The first-order valence-electron chi connectivity index (χ1n) is 8.28. The van der Waals surface area contributed by atoms with E-state index in [0.717, 1.165) is 30.9 Å². The molecule has 3 rings (SSSR count). The zero-order valence-corrected chi connectivity index (χ0v) is 15.2. The van der Waals surface area contributed by atoms with Crippen LogP contribution in [0.3, 0.4) is 0 Å². The van der Waals surface area contributed by atoms with E-state index in [2.05, 4.69) is 15.5 Å². The Morgan fingerprint density at radius 2 is 2.44 bits per heavy atom. The van der Waals surface area contributed by atoms with Crippen molar-refractivity contribution in [3.8, 4) is 11.4 Å². The number of aromatic nitrogens is 3. The van der Waals surface area contributed by atoms with E-state index in [4.69, 9.17) is 9.47 Å². The number of thioether (sulfide) groups is 1. The SMILES string of the molecule is COc1cccc(-n2cnnc2SC(C)C(=O)NCC2CCCO2)c1. The van der Waals surface area contributed by atoms with Crippen LogP contribution in [0.2, 0.25) is 0 Å². The van der Waals surface area contributed by atoms with E-state index in [1.807, 2.05) is 35.8 Å². The standard InChI is InChI=1S/C17H22N4O3S/c1-12(16(22)18-10-15-7-4-8-24-15)25-17-20-19-11-21(17)13-5-3-6-14(9-13)23-2/h3,5-6,9,11-12,15H,4,7-8,10H2,1-2H3,(H,18,22). The lowest BCUT2D eigenvalue weighted by molar-refractivity contribution is -0.120. The van der Waals surface area contributed by atoms with E-state index in [9.17, 15) is 4.79 Å². The van der Waals surface area contributed by atoms with Gasteiger partial charge in [-0.2, -0.15) is 0 Å². The predicted octanol–water partition coefficient (Wildman–Crippen LogP) is 2.05. The zero-order chi connectivity index (χ0) is 17.6. The normalized spacial score (nSPS) is 18.1. The highest BCUT2D eigenvalue weighted by atomic mass is 32.2. The Morgan fingerprint density at radius 3 is 3.20 bits per heavy atom. The van der Waals surface area contributed by atoms with Gasteiger partial charge in [0.1, 0.15) is 12.1 Å². The smallest absolute Gasteiger partial charge is 0.233 e. The number of amides is 1. The van der Waals surface area contributed by atoms with Crippen molar-refractivity contribution in [3.63, 3.8) is 0 Å². The molecule has 1 aliphatic rings. The summed E-state index contributed by atoms with van der Waals surface area (Å²) >= 11 is 1.37. The molecule has 0 spiro atoms. The maximum absolute atomic E-state index is 12.3. The van der Waals surface area contributed by atoms with Gasteiger partial charge in [-0.15, -0.1) is 10.2 Å². The lowest BCUT2D eigenvalue weighted by atomic mass is 10.2. The Morgan fingerprint density at radius 1 is 1.56 bits per heavy atom. The number of hydrogen-bond donors (Lipinski definition) is 1. The number of carbonyl (C=O) groups is 1. The van der Waals surface area contributed by atoms with Gasteiger partial charge in [0.2, 0.25) is 5.91 Å². The number of methoxy groups -OCH3 is 1. The van der Waals surface area contributed by atoms with Crippen LogP contribution in [0.15, 0.2) is 35.7 Å². The number of nitrogens with zero attached hydrogens (tertiary/aromatic N) is 3. The van der Waals surface area contributed by atoms with Gasteiger partial charge in [0.15, 0.2) is 5.16 Å². The molecule has 0 saturated carbocycles. The summed E-state index contributed by atoms with van der Waals surface area (Å²) in [5.41, 5.74) is 0.888. The predicted molar refractivity (Wildman–Crippen MR) is 95.2 cm³/mol. The fraction of sp³-hybridized carbons (Fsp3) is 0.471. The van der Waals surface area contributed by atoms with Gasteiger partial charge in [0.05, 0.1) is 24.2 Å². The molecule has 0 bridgehead atoms. The average molecular weight is 362 g/mol. The van der Waals surface area contributed by atoms with Crippen LogP contribution in [0.5, 0.6) is 5.75 Å². The second-order valence-corrected chi connectivity index (χ2v) is 7.13. The van der Waals surface area contributed by atoms with Crippen LogP contribution in [-0.2, 0) is 9.53 Å². The molecule has 1 aromatic heterocycles. The van der Waals surface area contributed by atoms with E-state index in [1.54, 1.807) is 13.4 Å². The molecule has 7 nitrogen and oxygen atoms in total. The lowest BCUT2D eigenvalue weighted by Crippen LogP contribution is -2.36. The third-order valence-corrected chi connectivity index (χ3v) is 5.08. The Labute approximate surface area is 151 Å². The molecule has 1 aliphatic heterocycles. The molecule has 134 valence electrons. The van der Waals surface area contributed by atoms with Crippen LogP contribution in [0.1, 0.15) is 19.8 Å². The molecule has 1 aromatic carbocycles. The zero-order valence-electron chi connectivity index (χ0n) is 14.3. The second kappa shape index (κ2) is 8.35. The van der Waals surface area contributed by atoms with Crippen LogP contribution in [0.4, 0.5) is 0 Å². The summed E-state index contributed by atoms with van der Waals surface area (Å²) in [5.74, 6) is 0.727. The van der Waals surface area contributed by atoms with Crippen molar-refractivity contribution in [2.24, 2.45) is 0 Å². The van der Waals surface area contributed by atoms with E-state index in [0.29, 0.717) is 11.7 Å². The maximum atomic E-state index is 12.3. The fourth-order valence-electron chi connectivity index (χ4n) is 2.62. The third kappa shape index (κ3) is 4.52. The van der Waals surface area contributed by atoms with Gasteiger partial charge < -0.3 is 14.8 Å². The summed E-state index contributed by atoms with van der Waals surface area (Å²) in [6.45, 7) is 3.21. The highest BCUT2D eigenvalue weighted by Crippen LogP contribution is 2.25. The van der Waals surface area contributed by atoms with Crippen LogP contribution < -0.4 is 10.1 Å². The Balaban J connectivity index is 1.62. The number of rotatable bonds is 7. The van der Waals surface area contributed by atoms with Gasteiger partial charge >= 0.3 is 0 Å². The van der Waals surface area contributed by atoms with Crippen molar-refractivity contribution in [1.29, 1.82) is 0 Å². The van der Waals surface area contributed by atoms with E-state index >= 15 is 0 Å². The molecular formula is C17H22N4O3S. The highest BCUT2D eigenvalue weighted by molar-refractivity contribution is 8.00. The Kier molecular flexibility index (Phi) is 5.93. The first-order valence-corrected chi connectivity index (χ1v) is 9.16. The molecular weight excluding hydrogens is 340 g/mol. The topological polar surface area (TPSA) is 78.3 Å². The Hall–Kier alpha value is -2.06. The summed E-state index contributed by atoms with van der Waals surface area (Å²) < 4.78 is 12.6. The highest BCUT2D eigenvalue weighted by Gasteiger charge is 2.21. The largest absolute Gasteiger partial charge is 0.497 e. The summed E-state index contributed by atoms with van der Waals surface area (Å²) in [6.07, 6.45) is 3.84. The molecule has 25 heavy (non-hydrogen) atoms. The van der Waals surface area contributed by atoms with Crippen molar-refractivity contribution in [2.75, 3.05) is 20.3 Å². The number of ether oxygens (including phenoxy) is 2. The van der Waals surface area contributed by atoms with Crippen molar-refractivity contribution in [1.82, 2.24) is 20.1 Å². The molecule has 0 aliphatic carbocycles. The van der Waals surface area contributed by atoms with Crippen LogP contribution in [-0.4, -0.2) is 52.3 Å². The van der Waals surface area contributed by atoms with E-state index < -0.39 is 0 Å². The molecule has 2 aromatic rings. The van der Waals surface area contributed by atoms with E-state index in [-0.39, 0.29) is 17.3 Å². The van der Waals surface area contributed by atoms with Crippen molar-refractivity contribution >= 4 is 17.7 Å². The Bertz CT molecular complexity index is 715. The maximum Gasteiger partial charge on any atom is 0.233 e. The quantitative estimate of drug-likeness (QED) is 0.760. The lowest BCUT2D eigenvalue weighted by Gasteiger charge is -2.15. The molecule has 1 amide bonds. The van der Waals surface area contributed by atoms with Crippen molar-refractivity contribution in [3.05, 3.63) is 30.6 Å². The third-order valence-electron chi connectivity index (χ3n) is 4.03. The number of carbonyl (C=O) groups excluding carboxylic acids is 1. The number of hydrogen-bond acceptors (Lipinski definition) is 6. The molecule has 8 heteroatoms. The summed E-state index contributed by atoms with van der Waals surface area (Å²) in [6, 6.07) is 7.62. The minimum absolute atomic E-state index is 0.0271. The monoisotopic (exact) mass is 362 g/mol. The summed E-state index contributed by atoms with van der Waals surface area (Å²) in [4.78, 5) is 12.3. The molecule has 1 saturated heterocycles. The van der Waals surface area contributed by atoms with Gasteiger partial charge in [-0.05, 0) is 31.9 Å². The van der Waals surface area contributed by atoms with E-state index in [1.165, 1.54) is 11.8 Å². The number of nitrogens with one attached hydrogen (secondary N) is 1. The van der Waals surface area contributed by atoms with Gasteiger partial charge in [-0.25, -0.2) is 0 Å². The van der Waals surface area contributed by atoms with Crippen molar-refractivity contribution in [2.45, 2.75) is 36.3 Å². The van der Waals surface area contributed by atoms with Gasteiger partial charge in [0.25, 0.3) is 0 Å². The van der Waals surface area contributed by atoms with Gasteiger partial charge in [0, 0.05) is 19.2 Å². The van der Waals surface area contributed by atoms with Gasteiger partial charge in [-0.1, -0.05) is 17.8 Å². The molecule has 0 radical (unpaired) electrons. The first-order chi connectivity index (χ1) is 12.2. The minimum Gasteiger partial charge on any atom is -0.497 e. The minimum atomic E-state index is -0.282. The molecule has 2 heterocycles. The van der Waals surface area contributed by atoms with Crippen LogP contribution in [0, 0.1) is 0 Å². The fourth-order valence-corrected chi connectivity index (χ4v) is 3.48. The molecule has 2 atom stereocenters. The molecule has 1 N–H and O–H groups in total. The number of benzene rings is 1. The van der Waals surface area contributed by atoms with Gasteiger partial charge in [-0.3, -0.25) is 9.36 Å². The summed E-state index contributed by atoms with van der Waals surface area (Å²) in [5, 5.41) is 11.4. The van der Waals surface area contributed by atoms with Crippen molar-refractivity contribution < 1.29 is 14.3 Å². The molecule has 2 unspecified atom stereocenters. The molecule has 1 fully saturated rings. The first kappa shape index (κ1) is 17.8. The van der Waals surface area contributed by atoms with Crippen LogP contribution >= 0.6 is 11.8 Å². The second-order valence-electron chi connectivity index (χ2n) is 5.83.